The zero-order valence-electron chi connectivity index (χ0n) is 33.8. The highest BCUT2D eigenvalue weighted by atomic mass is 15.1. The van der Waals surface area contributed by atoms with Crippen molar-refractivity contribution in [1.82, 2.24) is 0 Å². The van der Waals surface area contributed by atoms with E-state index < -0.39 is 0 Å². The highest BCUT2D eigenvalue weighted by Crippen LogP contribution is 2.51. The van der Waals surface area contributed by atoms with Crippen molar-refractivity contribution in [3.63, 3.8) is 0 Å². The number of fused-ring (bicyclic) bond motifs is 6. The first-order valence-corrected chi connectivity index (χ1v) is 20.9. The standard InChI is InChI=1S/C59H43N/c1-59(2)57-23-12-11-20-54(57)56-39-48(34-37-58(56)59)60(47-32-26-44(27-33-47)50-21-13-22-52-49-19-10-9-18-43(49)28-36-53(50)52)46-30-24-40(25-31-46)45-29-35-51(41-14-5-3-6-15-41)55(38-45)42-16-7-4-8-17-42/h3-39H,1-2H3. The van der Waals surface area contributed by atoms with Gasteiger partial charge in [-0.25, -0.2) is 0 Å². The Labute approximate surface area is 352 Å². The fraction of sp³-hybridized carbons (Fsp3) is 0.0508. The molecule has 0 aliphatic heterocycles. The second-order valence-corrected chi connectivity index (χ2v) is 16.5. The van der Waals surface area contributed by atoms with Gasteiger partial charge in [-0.05, 0) is 131 Å². The van der Waals surface area contributed by atoms with Crippen molar-refractivity contribution in [1.29, 1.82) is 0 Å². The molecule has 0 bridgehead atoms. The van der Waals surface area contributed by atoms with Crippen molar-refractivity contribution < 1.29 is 0 Å². The molecule has 0 saturated carbocycles. The Morgan fingerprint density at radius 3 is 1.58 bits per heavy atom. The molecule has 0 spiro atoms. The van der Waals surface area contributed by atoms with Crippen LogP contribution in [0.5, 0.6) is 0 Å². The number of hydrogen-bond donors (Lipinski definition) is 0. The highest BCUT2D eigenvalue weighted by Gasteiger charge is 2.35. The van der Waals surface area contributed by atoms with Crippen molar-refractivity contribution in [3.8, 4) is 55.6 Å². The van der Waals surface area contributed by atoms with Crippen LogP contribution in [0.2, 0.25) is 0 Å². The normalized spacial score (nSPS) is 12.6. The molecule has 0 amide bonds. The summed E-state index contributed by atoms with van der Waals surface area (Å²) in [7, 11) is 0. The summed E-state index contributed by atoms with van der Waals surface area (Å²) in [6.45, 7) is 4.69. The van der Waals surface area contributed by atoms with Gasteiger partial charge in [-0.2, -0.15) is 0 Å². The van der Waals surface area contributed by atoms with Crippen molar-refractivity contribution in [3.05, 3.63) is 236 Å². The van der Waals surface area contributed by atoms with Gasteiger partial charge in [0.1, 0.15) is 0 Å². The van der Waals surface area contributed by atoms with E-state index in [-0.39, 0.29) is 5.41 Å². The minimum Gasteiger partial charge on any atom is -0.310 e. The van der Waals surface area contributed by atoms with E-state index in [1.807, 2.05) is 0 Å². The second kappa shape index (κ2) is 14.4. The molecular weight excluding hydrogens is 723 g/mol. The summed E-state index contributed by atoms with van der Waals surface area (Å²) in [5.74, 6) is 0. The van der Waals surface area contributed by atoms with Crippen LogP contribution in [0, 0.1) is 0 Å². The third-order valence-electron chi connectivity index (χ3n) is 12.7. The molecule has 0 atom stereocenters. The average Bonchev–Trinajstić information content (AvgIpc) is 3.55. The lowest BCUT2D eigenvalue weighted by Gasteiger charge is -2.27. The molecular formula is C59H43N. The predicted molar refractivity (Wildman–Crippen MR) is 255 cm³/mol. The number of benzene rings is 10. The fourth-order valence-corrected chi connectivity index (χ4v) is 9.63. The highest BCUT2D eigenvalue weighted by molar-refractivity contribution is 6.12. The van der Waals surface area contributed by atoms with Gasteiger partial charge in [0.2, 0.25) is 0 Å². The molecule has 0 fully saturated rings. The molecule has 1 aliphatic carbocycles. The lowest BCUT2D eigenvalue weighted by molar-refractivity contribution is 0.660. The summed E-state index contributed by atoms with van der Waals surface area (Å²) in [6.07, 6.45) is 0. The maximum Gasteiger partial charge on any atom is 0.0468 e. The summed E-state index contributed by atoms with van der Waals surface area (Å²) in [5, 5.41) is 5.10. The number of hydrogen-bond acceptors (Lipinski definition) is 1. The van der Waals surface area contributed by atoms with Gasteiger partial charge < -0.3 is 4.90 Å². The van der Waals surface area contributed by atoms with Gasteiger partial charge in [-0.1, -0.05) is 196 Å². The first kappa shape index (κ1) is 35.7. The number of nitrogens with zero attached hydrogens (tertiary/aromatic N) is 1. The second-order valence-electron chi connectivity index (χ2n) is 16.5. The summed E-state index contributed by atoms with van der Waals surface area (Å²) in [4.78, 5) is 2.41. The molecule has 0 heterocycles. The third-order valence-corrected chi connectivity index (χ3v) is 12.7. The van der Waals surface area contributed by atoms with E-state index in [0.29, 0.717) is 0 Å². The van der Waals surface area contributed by atoms with Crippen LogP contribution in [0.3, 0.4) is 0 Å². The van der Waals surface area contributed by atoms with Gasteiger partial charge in [-0.15, -0.1) is 0 Å². The largest absolute Gasteiger partial charge is 0.310 e. The minimum atomic E-state index is -0.0585. The Kier molecular flexibility index (Phi) is 8.57. The van der Waals surface area contributed by atoms with Crippen LogP contribution in [0.4, 0.5) is 17.1 Å². The average molecular weight is 766 g/mol. The lowest BCUT2D eigenvalue weighted by atomic mass is 9.82. The molecule has 1 nitrogen and oxygen atoms in total. The monoisotopic (exact) mass is 765 g/mol. The van der Waals surface area contributed by atoms with Gasteiger partial charge in [0.05, 0.1) is 0 Å². The van der Waals surface area contributed by atoms with E-state index in [1.165, 1.54) is 88.3 Å². The molecule has 60 heavy (non-hydrogen) atoms. The molecule has 0 saturated heterocycles. The van der Waals surface area contributed by atoms with E-state index in [9.17, 15) is 0 Å². The van der Waals surface area contributed by atoms with Crippen LogP contribution < -0.4 is 4.90 Å². The quantitative estimate of drug-likeness (QED) is 0.146. The molecule has 0 radical (unpaired) electrons. The Morgan fingerprint density at radius 2 is 0.833 bits per heavy atom. The molecule has 11 rings (SSSR count). The zero-order chi connectivity index (χ0) is 40.2. The van der Waals surface area contributed by atoms with Gasteiger partial charge in [-0.3, -0.25) is 0 Å². The minimum absolute atomic E-state index is 0.0585. The molecule has 0 aromatic heterocycles. The Morgan fingerprint density at radius 1 is 0.283 bits per heavy atom. The maximum atomic E-state index is 2.41. The van der Waals surface area contributed by atoms with E-state index in [4.69, 9.17) is 0 Å². The van der Waals surface area contributed by atoms with Crippen LogP contribution in [0.25, 0.3) is 77.2 Å². The predicted octanol–water partition coefficient (Wildman–Crippen LogP) is 16.4. The van der Waals surface area contributed by atoms with Crippen LogP contribution in [-0.2, 0) is 5.41 Å². The lowest BCUT2D eigenvalue weighted by Crippen LogP contribution is -2.15. The Bertz CT molecular complexity index is 3200. The summed E-state index contributed by atoms with van der Waals surface area (Å²) in [5.41, 5.74) is 18.4. The van der Waals surface area contributed by atoms with Crippen molar-refractivity contribution in [2.75, 3.05) is 4.90 Å². The van der Waals surface area contributed by atoms with Crippen molar-refractivity contribution in [2.24, 2.45) is 0 Å². The Hall–Kier alpha value is -7.48. The number of rotatable bonds is 7. The van der Waals surface area contributed by atoms with Gasteiger partial charge >= 0.3 is 0 Å². The van der Waals surface area contributed by atoms with E-state index in [0.717, 1.165) is 17.1 Å². The maximum absolute atomic E-state index is 2.41. The Balaban J connectivity index is 1.01. The topological polar surface area (TPSA) is 3.24 Å². The third kappa shape index (κ3) is 6.01. The van der Waals surface area contributed by atoms with Gasteiger partial charge in [0.25, 0.3) is 0 Å². The van der Waals surface area contributed by atoms with Crippen LogP contribution in [0.15, 0.2) is 224 Å². The zero-order valence-corrected chi connectivity index (χ0v) is 33.8. The molecule has 10 aromatic carbocycles. The van der Waals surface area contributed by atoms with Gasteiger partial charge in [0, 0.05) is 22.5 Å². The van der Waals surface area contributed by atoms with Crippen molar-refractivity contribution >= 4 is 38.6 Å². The molecule has 0 N–H and O–H groups in total. The first-order chi connectivity index (χ1) is 29.5. The first-order valence-electron chi connectivity index (χ1n) is 20.9. The molecule has 284 valence electrons. The smallest absolute Gasteiger partial charge is 0.0468 e. The summed E-state index contributed by atoms with van der Waals surface area (Å²) in [6, 6.07) is 82.3. The van der Waals surface area contributed by atoms with E-state index in [2.05, 4.69) is 243 Å². The molecule has 10 aromatic rings. The fourth-order valence-electron chi connectivity index (χ4n) is 9.63. The molecule has 0 unspecified atom stereocenters. The molecule has 1 aliphatic rings. The van der Waals surface area contributed by atoms with Crippen molar-refractivity contribution in [2.45, 2.75) is 19.3 Å². The van der Waals surface area contributed by atoms with Crippen LogP contribution >= 0.6 is 0 Å². The van der Waals surface area contributed by atoms with E-state index >= 15 is 0 Å². The SMILES string of the molecule is CC1(C)c2ccccc2-c2cc(N(c3ccc(-c4ccc(-c5ccccc5)c(-c5ccccc5)c4)cc3)c3ccc(-c4cccc5c4ccc4ccccc45)cc3)ccc21. The van der Waals surface area contributed by atoms with Gasteiger partial charge in [0.15, 0.2) is 0 Å². The number of anilines is 3. The van der Waals surface area contributed by atoms with E-state index in [1.54, 1.807) is 0 Å². The van der Waals surface area contributed by atoms with Crippen LogP contribution in [0.1, 0.15) is 25.0 Å². The molecule has 1 heteroatoms. The van der Waals surface area contributed by atoms with Crippen LogP contribution in [-0.4, -0.2) is 0 Å². The summed E-state index contributed by atoms with van der Waals surface area (Å²) >= 11 is 0. The summed E-state index contributed by atoms with van der Waals surface area (Å²) < 4.78 is 0.